The summed E-state index contributed by atoms with van der Waals surface area (Å²) in [6.45, 7) is 5.84. The second kappa shape index (κ2) is 7.01. The van der Waals surface area contributed by atoms with Crippen LogP contribution in [0, 0.1) is 14.9 Å². The van der Waals surface area contributed by atoms with E-state index in [-0.39, 0.29) is 6.04 Å². The van der Waals surface area contributed by atoms with E-state index in [0.29, 0.717) is 0 Å². The lowest BCUT2D eigenvalue weighted by atomic mass is 10.1. The van der Waals surface area contributed by atoms with E-state index in [9.17, 15) is 5.26 Å². The van der Waals surface area contributed by atoms with Crippen LogP contribution in [0.4, 0.5) is 5.82 Å². The fraction of sp³-hybridized carbons (Fsp3) is 0.615. The molecule has 1 saturated heterocycles. The van der Waals surface area contributed by atoms with Crippen molar-refractivity contribution in [3.63, 3.8) is 0 Å². The Morgan fingerprint density at radius 2 is 2.16 bits per heavy atom. The van der Waals surface area contributed by atoms with Gasteiger partial charge in [-0.3, -0.25) is 4.90 Å². The Hall–Kier alpha value is -0.940. The van der Waals surface area contributed by atoms with Crippen LogP contribution in [0.3, 0.4) is 0 Å². The molecule has 2 heterocycles. The molecule has 2 rings (SSSR count). The molecule has 19 heavy (non-hydrogen) atoms. The van der Waals surface area contributed by atoms with Crippen LogP contribution < -0.4 is 4.90 Å². The molecule has 1 aliphatic rings. The molecule has 1 aromatic rings. The van der Waals surface area contributed by atoms with Gasteiger partial charge in [0.05, 0.1) is 15.7 Å². The molecule has 0 bridgehead atoms. The Kier molecular flexibility index (Phi) is 5.34. The largest absolute Gasteiger partial charge is 0.353 e. The molecule has 0 amide bonds. The molecule has 0 aromatic carbocycles. The van der Waals surface area contributed by atoms with Gasteiger partial charge >= 0.3 is 0 Å². The van der Waals surface area contributed by atoms with Crippen molar-refractivity contribution in [3.05, 3.63) is 16.1 Å². The maximum absolute atomic E-state index is 9.21. The molecule has 0 spiro atoms. The summed E-state index contributed by atoms with van der Waals surface area (Å²) in [5, 5.41) is 9.21. The Labute approximate surface area is 127 Å². The minimum Gasteiger partial charge on any atom is -0.353 e. The highest BCUT2D eigenvalue weighted by Gasteiger charge is 2.24. The number of piperazine rings is 1. The van der Waals surface area contributed by atoms with Gasteiger partial charge in [-0.15, -0.1) is 0 Å². The summed E-state index contributed by atoms with van der Waals surface area (Å²) in [5.74, 6) is 1.01. The zero-order valence-corrected chi connectivity index (χ0v) is 13.2. The van der Waals surface area contributed by atoms with E-state index in [1.165, 1.54) is 0 Å². The van der Waals surface area contributed by atoms with Gasteiger partial charge in [0.25, 0.3) is 0 Å². The lowest BCUT2D eigenvalue weighted by Gasteiger charge is -2.37. The summed E-state index contributed by atoms with van der Waals surface area (Å²) in [7, 11) is 0. The number of aromatic nitrogens is 2. The van der Waals surface area contributed by atoms with Crippen LogP contribution in [0.15, 0.2) is 12.5 Å². The van der Waals surface area contributed by atoms with Gasteiger partial charge in [0, 0.05) is 32.4 Å². The lowest BCUT2D eigenvalue weighted by Crippen LogP contribution is -2.50. The molecular formula is C13H18IN5. The maximum Gasteiger partial charge on any atom is 0.145 e. The van der Waals surface area contributed by atoms with Crippen molar-refractivity contribution in [1.29, 1.82) is 5.26 Å². The fourth-order valence-electron chi connectivity index (χ4n) is 2.39. The van der Waals surface area contributed by atoms with Crippen LogP contribution in [-0.4, -0.2) is 47.1 Å². The highest BCUT2D eigenvalue weighted by molar-refractivity contribution is 14.1. The van der Waals surface area contributed by atoms with Crippen molar-refractivity contribution >= 4 is 28.4 Å². The molecular weight excluding hydrogens is 353 g/mol. The molecule has 1 aromatic heterocycles. The van der Waals surface area contributed by atoms with Crippen molar-refractivity contribution in [2.24, 2.45) is 0 Å². The summed E-state index contributed by atoms with van der Waals surface area (Å²) in [6, 6.07) is 2.49. The van der Waals surface area contributed by atoms with Crippen molar-refractivity contribution in [3.8, 4) is 6.07 Å². The first kappa shape index (κ1) is 14.5. The maximum atomic E-state index is 9.21. The van der Waals surface area contributed by atoms with Crippen molar-refractivity contribution < 1.29 is 0 Å². The number of hydrogen-bond donors (Lipinski definition) is 0. The van der Waals surface area contributed by atoms with Gasteiger partial charge in [-0.05, 0) is 29.0 Å². The molecule has 1 fully saturated rings. The highest BCUT2D eigenvalue weighted by Crippen LogP contribution is 2.20. The van der Waals surface area contributed by atoms with Gasteiger partial charge < -0.3 is 4.90 Å². The molecule has 1 aliphatic heterocycles. The number of nitriles is 1. The van der Waals surface area contributed by atoms with E-state index in [1.54, 1.807) is 6.33 Å². The number of nitrogens with zero attached hydrogens (tertiary/aromatic N) is 5. The minimum atomic E-state index is 0.0663. The first-order valence-electron chi connectivity index (χ1n) is 6.60. The molecule has 1 unspecified atom stereocenters. The average molecular weight is 371 g/mol. The fourth-order valence-corrected chi connectivity index (χ4v) is 3.03. The first-order chi connectivity index (χ1) is 9.26. The number of rotatable bonds is 4. The molecule has 6 heteroatoms. The van der Waals surface area contributed by atoms with E-state index < -0.39 is 0 Å². The molecule has 1 atom stereocenters. The summed E-state index contributed by atoms with van der Waals surface area (Å²) in [6.07, 6.45) is 5.45. The summed E-state index contributed by atoms with van der Waals surface area (Å²) < 4.78 is 1.08. The van der Waals surface area contributed by atoms with Gasteiger partial charge in [-0.25, -0.2) is 9.97 Å². The molecule has 0 saturated carbocycles. The Bertz CT molecular complexity index is 451. The van der Waals surface area contributed by atoms with Crippen LogP contribution in [0.5, 0.6) is 0 Å². The normalized spacial score (nSPS) is 18.1. The van der Waals surface area contributed by atoms with Crippen LogP contribution in [0.2, 0.25) is 0 Å². The Morgan fingerprint density at radius 1 is 1.42 bits per heavy atom. The van der Waals surface area contributed by atoms with Crippen LogP contribution >= 0.6 is 22.6 Å². The minimum absolute atomic E-state index is 0.0663. The van der Waals surface area contributed by atoms with E-state index in [1.807, 2.05) is 6.20 Å². The third-order valence-electron chi connectivity index (χ3n) is 3.41. The van der Waals surface area contributed by atoms with Crippen molar-refractivity contribution in [2.75, 3.05) is 31.1 Å². The molecule has 5 nitrogen and oxygen atoms in total. The van der Waals surface area contributed by atoms with E-state index in [4.69, 9.17) is 0 Å². The zero-order valence-electron chi connectivity index (χ0n) is 11.1. The van der Waals surface area contributed by atoms with Gasteiger partial charge in [-0.1, -0.05) is 13.3 Å². The van der Waals surface area contributed by atoms with E-state index in [0.717, 1.165) is 48.4 Å². The van der Waals surface area contributed by atoms with E-state index >= 15 is 0 Å². The monoisotopic (exact) mass is 371 g/mol. The predicted molar refractivity (Wildman–Crippen MR) is 82.8 cm³/mol. The lowest BCUT2D eigenvalue weighted by molar-refractivity contribution is 0.211. The third kappa shape index (κ3) is 3.54. The van der Waals surface area contributed by atoms with Crippen LogP contribution in [0.1, 0.15) is 19.8 Å². The van der Waals surface area contributed by atoms with Gasteiger partial charge in [0.15, 0.2) is 0 Å². The molecule has 0 radical (unpaired) electrons. The van der Waals surface area contributed by atoms with Crippen LogP contribution in [0.25, 0.3) is 0 Å². The Balaban J connectivity index is 1.96. The van der Waals surface area contributed by atoms with Crippen LogP contribution in [-0.2, 0) is 0 Å². The summed E-state index contributed by atoms with van der Waals surface area (Å²) in [5.41, 5.74) is 0. The SMILES string of the molecule is CCCC(C#N)N1CCN(c2ncncc2I)CC1. The van der Waals surface area contributed by atoms with Gasteiger partial charge in [-0.2, -0.15) is 5.26 Å². The second-order valence-electron chi connectivity index (χ2n) is 4.65. The molecule has 0 aliphatic carbocycles. The molecule has 102 valence electrons. The van der Waals surface area contributed by atoms with Crippen molar-refractivity contribution in [1.82, 2.24) is 14.9 Å². The second-order valence-corrected chi connectivity index (χ2v) is 5.81. The first-order valence-corrected chi connectivity index (χ1v) is 7.68. The van der Waals surface area contributed by atoms with Crippen molar-refractivity contribution in [2.45, 2.75) is 25.8 Å². The number of halogens is 1. The average Bonchev–Trinajstić information content (AvgIpc) is 2.46. The third-order valence-corrected chi connectivity index (χ3v) is 4.17. The quantitative estimate of drug-likeness (QED) is 0.757. The van der Waals surface area contributed by atoms with Gasteiger partial charge in [0.1, 0.15) is 12.1 Å². The summed E-state index contributed by atoms with van der Waals surface area (Å²) in [4.78, 5) is 12.9. The number of anilines is 1. The predicted octanol–water partition coefficient (Wildman–Crippen LogP) is 1.90. The number of hydrogen-bond acceptors (Lipinski definition) is 5. The Morgan fingerprint density at radius 3 is 2.74 bits per heavy atom. The smallest absolute Gasteiger partial charge is 0.145 e. The summed E-state index contributed by atoms with van der Waals surface area (Å²) >= 11 is 2.27. The zero-order chi connectivity index (χ0) is 13.7. The van der Waals surface area contributed by atoms with Gasteiger partial charge in [0.2, 0.25) is 0 Å². The van der Waals surface area contributed by atoms with E-state index in [2.05, 4.69) is 55.4 Å². The topological polar surface area (TPSA) is 56.1 Å². The molecule has 0 N–H and O–H groups in total. The highest BCUT2D eigenvalue weighted by atomic mass is 127. The standard InChI is InChI=1S/C13H18IN5/c1-2-3-11(8-15)18-4-6-19(7-5-18)13-12(14)9-16-10-17-13/h9-11H,2-7H2,1H3.